The van der Waals surface area contributed by atoms with E-state index in [1.807, 2.05) is 0 Å². The van der Waals surface area contributed by atoms with E-state index >= 15 is 0 Å². The first kappa shape index (κ1) is 16.3. The lowest BCUT2D eigenvalue weighted by molar-refractivity contribution is 0.0679. The number of piperidine rings is 1. The maximum atomic E-state index is 2.74. The van der Waals surface area contributed by atoms with Gasteiger partial charge in [0.1, 0.15) is 0 Å². The molecule has 2 heteroatoms. The van der Waals surface area contributed by atoms with Crippen molar-refractivity contribution >= 4 is 0 Å². The summed E-state index contributed by atoms with van der Waals surface area (Å²) in [6.07, 6.45) is 4.18. The maximum absolute atomic E-state index is 2.74. The van der Waals surface area contributed by atoms with Crippen molar-refractivity contribution in [1.29, 1.82) is 0 Å². The molecule has 0 amide bonds. The highest BCUT2D eigenvalue weighted by Crippen LogP contribution is 2.38. The zero-order valence-corrected chi connectivity index (χ0v) is 14.7. The quantitative estimate of drug-likeness (QED) is 0.774. The summed E-state index contributed by atoms with van der Waals surface area (Å²) in [7, 11) is 0. The molecule has 2 nitrogen and oxygen atoms in total. The summed E-state index contributed by atoms with van der Waals surface area (Å²) < 4.78 is 0. The summed E-state index contributed by atoms with van der Waals surface area (Å²) in [5, 5.41) is 0. The Morgan fingerprint density at radius 3 is 2.15 bits per heavy atom. The third-order valence-electron chi connectivity index (χ3n) is 6.14. The van der Waals surface area contributed by atoms with Crippen molar-refractivity contribution in [3.05, 3.63) is 0 Å². The lowest BCUT2D eigenvalue weighted by Crippen LogP contribution is -2.44. The minimum absolute atomic E-state index is 0.354. The molecule has 2 heterocycles. The van der Waals surface area contributed by atoms with Gasteiger partial charge in [0.25, 0.3) is 0 Å². The molecule has 2 aliphatic heterocycles. The van der Waals surface area contributed by atoms with Crippen LogP contribution in [0.3, 0.4) is 0 Å². The first-order valence-corrected chi connectivity index (χ1v) is 8.68. The average molecular weight is 281 g/mol. The zero-order valence-electron chi connectivity index (χ0n) is 14.7. The van der Waals surface area contributed by atoms with Gasteiger partial charge in [-0.15, -0.1) is 0 Å². The molecule has 118 valence electrons. The van der Waals surface area contributed by atoms with E-state index in [0.717, 1.165) is 11.8 Å². The smallest absolute Gasteiger partial charge is 0.0125 e. The molecule has 2 fully saturated rings. The van der Waals surface area contributed by atoms with E-state index in [0.29, 0.717) is 11.0 Å². The van der Waals surface area contributed by atoms with E-state index in [1.54, 1.807) is 0 Å². The van der Waals surface area contributed by atoms with E-state index in [2.05, 4.69) is 51.3 Å². The fraction of sp³-hybridized carbons (Fsp3) is 1.00. The Balaban J connectivity index is 1.77. The van der Waals surface area contributed by atoms with Crippen LogP contribution in [0.2, 0.25) is 0 Å². The van der Waals surface area contributed by atoms with Crippen LogP contribution in [0.1, 0.15) is 60.8 Å². The predicted octanol–water partition coefficient (Wildman–Crippen LogP) is 3.86. The predicted molar refractivity (Wildman–Crippen MR) is 88.1 cm³/mol. The molecule has 2 rings (SSSR count). The molecule has 1 unspecified atom stereocenters. The normalized spacial score (nSPS) is 29.2. The summed E-state index contributed by atoms with van der Waals surface area (Å²) in [6, 6.07) is 0. The van der Waals surface area contributed by atoms with Crippen molar-refractivity contribution in [3.63, 3.8) is 0 Å². The molecule has 0 aromatic carbocycles. The van der Waals surface area contributed by atoms with Crippen molar-refractivity contribution in [2.45, 2.75) is 66.3 Å². The van der Waals surface area contributed by atoms with Crippen molar-refractivity contribution in [3.8, 4) is 0 Å². The third-order valence-corrected chi connectivity index (χ3v) is 6.14. The van der Waals surface area contributed by atoms with Crippen LogP contribution in [0.4, 0.5) is 0 Å². The summed E-state index contributed by atoms with van der Waals surface area (Å²) in [5.74, 6) is 1.73. The summed E-state index contributed by atoms with van der Waals surface area (Å²) in [6.45, 7) is 20.9. The van der Waals surface area contributed by atoms with Crippen molar-refractivity contribution in [2.24, 2.45) is 17.3 Å². The molecule has 0 radical (unpaired) electrons. The van der Waals surface area contributed by atoms with Gasteiger partial charge < -0.3 is 4.90 Å². The van der Waals surface area contributed by atoms with Crippen LogP contribution in [0, 0.1) is 17.3 Å². The van der Waals surface area contributed by atoms with Crippen LogP contribution in [-0.4, -0.2) is 48.1 Å². The molecule has 0 bridgehead atoms. The van der Waals surface area contributed by atoms with Crippen molar-refractivity contribution in [2.75, 3.05) is 32.7 Å². The standard InChI is InChI=1S/C18H36N2/c1-15(2)18(6)8-11-19(12-9-18)13-16-7-10-20(14-16)17(3,4)5/h15-16H,7-14H2,1-6H3. The van der Waals surface area contributed by atoms with Crippen LogP contribution < -0.4 is 0 Å². The van der Waals surface area contributed by atoms with Gasteiger partial charge in [-0.2, -0.15) is 0 Å². The van der Waals surface area contributed by atoms with Crippen molar-refractivity contribution in [1.82, 2.24) is 9.80 Å². The molecule has 0 N–H and O–H groups in total. The third kappa shape index (κ3) is 3.76. The minimum atomic E-state index is 0.354. The molecule has 0 aromatic rings. The van der Waals surface area contributed by atoms with Gasteiger partial charge in [-0.1, -0.05) is 20.8 Å². The molecule has 0 aliphatic carbocycles. The Labute approximate surface area is 126 Å². The first-order chi connectivity index (χ1) is 9.21. The highest BCUT2D eigenvalue weighted by molar-refractivity contribution is 4.89. The summed E-state index contributed by atoms with van der Waals surface area (Å²) in [5.41, 5.74) is 0.941. The van der Waals surface area contributed by atoms with Gasteiger partial charge in [0, 0.05) is 18.6 Å². The van der Waals surface area contributed by atoms with Gasteiger partial charge in [-0.3, -0.25) is 4.90 Å². The van der Waals surface area contributed by atoms with Crippen LogP contribution in [0.15, 0.2) is 0 Å². The van der Waals surface area contributed by atoms with E-state index in [1.165, 1.54) is 52.0 Å². The topological polar surface area (TPSA) is 6.48 Å². The highest BCUT2D eigenvalue weighted by Gasteiger charge is 2.35. The second kappa shape index (κ2) is 5.96. The lowest BCUT2D eigenvalue weighted by atomic mass is 9.72. The largest absolute Gasteiger partial charge is 0.303 e. The number of nitrogens with zero attached hydrogens (tertiary/aromatic N) is 2. The minimum Gasteiger partial charge on any atom is -0.303 e. The Kier molecular flexibility index (Phi) is 4.86. The summed E-state index contributed by atoms with van der Waals surface area (Å²) in [4.78, 5) is 5.40. The van der Waals surface area contributed by atoms with Gasteiger partial charge in [0.05, 0.1) is 0 Å². The van der Waals surface area contributed by atoms with E-state index in [9.17, 15) is 0 Å². The van der Waals surface area contributed by atoms with Crippen LogP contribution in [0.25, 0.3) is 0 Å². The molecule has 2 saturated heterocycles. The summed E-state index contributed by atoms with van der Waals surface area (Å²) >= 11 is 0. The Morgan fingerprint density at radius 2 is 1.70 bits per heavy atom. The van der Waals surface area contributed by atoms with Gasteiger partial charge in [0.2, 0.25) is 0 Å². The van der Waals surface area contributed by atoms with Gasteiger partial charge in [-0.05, 0) is 76.9 Å². The second-order valence-electron chi connectivity index (χ2n) is 8.88. The van der Waals surface area contributed by atoms with E-state index < -0.39 is 0 Å². The average Bonchev–Trinajstić information content (AvgIpc) is 2.80. The second-order valence-corrected chi connectivity index (χ2v) is 8.88. The van der Waals surface area contributed by atoms with E-state index in [-0.39, 0.29) is 0 Å². The number of hydrogen-bond acceptors (Lipinski definition) is 2. The molecular weight excluding hydrogens is 244 g/mol. The van der Waals surface area contributed by atoms with Gasteiger partial charge >= 0.3 is 0 Å². The Hall–Kier alpha value is -0.0800. The number of rotatable bonds is 3. The Morgan fingerprint density at radius 1 is 1.10 bits per heavy atom. The molecule has 20 heavy (non-hydrogen) atoms. The molecule has 0 spiro atoms. The fourth-order valence-corrected chi connectivity index (χ4v) is 3.78. The molecule has 0 saturated carbocycles. The monoisotopic (exact) mass is 280 g/mol. The van der Waals surface area contributed by atoms with Crippen LogP contribution in [-0.2, 0) is 0 Å². The molecule has 1 atom stereocenters. The van der Waals surface area contributed by atoms with Crippen LogP contribution in [0.5, 0.6) is 0 Å². The zero-order chi connectivity index (χ0) is 15.0. The number of hydrogen-bond donors (Lipinski definition) is 0. The fourth-order valence-electron chi connectivity index (χ4n) is 3.78. The van der Waals surface area contributed by atoms with E-state index in [4.69, 9.17) is 0 Å². The van der Waals surface area contributed by atoms with Crippen molar-refractivity contribution < 1.29 is 0 Å². The Bertz CT molecular complexity index is 308. The lowest BCUT2D eigenvalue weighted by Gasteiger charge is -2.43. The SMILES string of the molecule is CC(C)C1(C)CCN(CC2CCN(C(C)(C)C)C2)CC1. The number of likely N-dealkylation sites (tertiary alicyclic amines) is 2. The van der Waals surface area contributed by atoms with Gasteiger partial charge in [0.15, 0.2) is 0 Å². The van der Waals surface area contributed by atoms with Gasteiger partial charge in [-0.25, -0.2) is 0 Å². The molecule has 2 aliphatic rings. The molecular formula is C18H36N2. The highest BCUT2D eigenvalue weighted by atomic mass is 15.2. The molecule has 0 aromatic heterocycles. The maximum Gasteiger partial charge on any atom is 0.0125 e. The van der Waals surface area contributed by atoms with Crippen LogP contribution >= 0.6 is 0 Å². The first-order valence-electron chi connectivity index (χ1n) is 8.68.